The van der Waals surface area contributed by atoms with Gasteiger partial charge >= 0.3 is 16.4 Å². The number of carbonyl (C=O) groups is 1. The van der Waals surface area contributed by atoms with Crippen LogP contribution in [-0.4, -0.2) is 41.9 Å². The van der Waals surface area contributed by atoms with Gasteiger partial charge in [-0.3, -0.25) is 9.35 Å². The maximum Gasteiger partial charge on any atom is 0.397 e. The Kier molecular flexibility index (Phi) is 6.59. The molecule has 0 amide bonds. The molecule has 5 rings (SSSR count). The average Bonchev–Trinajstić information content (AvgIpc) is 3.21. The molecule has 5 saturated carbocycles. The summed E-state index contributed by atoms with van der Waals surface area (Å²) in [5, 5.41) is 21.5. The van der Waals surface area contributed by atoms with Crippen LogP contribution in [-0.2, 0) is 19.4 Å². The summed E-state index contributed by atoms with van der Waals surface area (Å²) in [7, 11) is -4.60. The summed E-state index contributed by atoms with van der Waals surface area (Å²) in [6, 6.07) is 0. The molecule has 0 spiro atoms. The highest BCUT2D eigenvalue weighted by atomic mass is 32.3. The van der Waals surface area contributed by atoms with Gasteiger partial charge in [0.1, 0.15) is 0 Å². The number of hydrogen-bond acceptors (Lipinski definition) is 5. The van der Waals surface area contributed by atoms with Gasteiger partial charge < -0.3 is 10.2 Å². The van der Waals surface area contributed by atoms with Crippen molar-refractivity contribution in [2.75, 3.05) is 6.61 Å². The molecule has 216 valence electrons. The summed E-state index contributed by atoms with van der Waals surface area (Å²) >= 11 is 0. The lowest BCUT2D eigenvalue weighted by Gasteiger charge is -2.72. The monoisotopic (exact) mass is 552 g/mol. The highest BCUT2D eigenvalue weighted by Crippen LogP contribution is 2.77. The summed E-state index contributed by atoms with van der Waals surface area (Å²) in [6.45, 7) is 15.7. The SMILES string of the molecule is C=C(COS(=O)(=O)O)[C@@H]1CC[C@]2(C(=O)O)CC[C@]3(C)C(CCC4[C@@]5(C)CC[C@H](O)C(C)(C)C5CC[C@]43C)C12. The van der Waals surface area contributed by atoms with Gasteiger partial charge in [0.2, 0.25) is 0 Å². The molecule has 5 aliphatic carbocycles. The summed E-state index contributed by atoms with van der Waals surface area (Å²) in [5.74, 6) is 0.185. The van der Waals surface area contributed by atoms with Crippen LogP contribution in [0.2, 0.25) is 0 Å². The first-order valence-electron chi connectivity index (χ1n) is 14.6. The van der Waals surface area contributed by atoms with Gasteiger partial charge in [-0.15, -0.1) is 0 Å². The van der Waals surface area contributed by atoms with E-state index in [1.807, 2.05) is 0 Å². The van der Waals surface area contributed by atoms with Crippen LogP contribution >= 0.6 is 0 Å². The molecule has 10 atom stereocenters. The third-order valence-electron chi connectivity index (χ3n) is 13.8. The molecule has 0 saturated heterocycles. The highest BCUT2D eigenvalue weighted by Gasteiger charge is 2.72. The van der Waals surface area contributed by atoms with E-state index < -0.39 is 21.8 Å². The third-order valence-corrected chi connectivity index (χ3v) is 14.2. The zero-order valence-corrected chi connectivity index (χ0v) is 24.6. The van der Waals surface area contributed by atoms with Crippen molar-refractivity contribution in [2.24, 2.45) is 56.7 Å². The minimum Gasteiger partial charge on any atom is -0.481 e. The summed E-state index contributed by atoms with van der Waals surface area (Å²) in [4.78, 5) is 12.9. The van der Waals surface area contributed by atoms with Crippen molar-refractivity contribution in [2.45, 2.75) is 105 Å². The fourth-order valence-corrected chi connectivity index (χ4v) is 12.0. The number of carboxylic acid groups (broad SMARTS) is 1. The Morgan fingerprint density at radius 2 is 1.58 bits per heavy atom. The van der Waals surface area contributed by atoms with Gasteiger partial charge in [-0.2, -0.15) is 8.42 Å². The molecule has 8 heteroatoms. The van der Waals surface area contributed by atoms with E-state index in [4.69, 9.17) is 8.74 Å². The standard InChI is InChI=1S/C30H48O7S/c1-18(17-37-38(34,35)36)19-9-14-30(25(32)33)16-15-28(5)20(24(19)30)7-8-22-27(4)12-11-23(31)26(2,3)21(27)10-13-29(22,28)6/h19-24,31H,1,7-17H2,2-6H3,(H,32,33)(H,34,35,36)/t19-,20?,21?,22?,23-,24?,27-,28+,29+,30-/m0/s1. The van der Waals surface area contributed by atoms with Gasteiger partial charge in [-0.05, 0) is 121 Å². The molecule has 3 N–H and O–H groups in total. The van der Waals surface area contributed by atoms with Gasteiger partial charge in [-0.1, -0.05) is 41.2 Å². The number of fused-ring (bicyclic) bond motifs is 7. The number of hydrogen-bond donors (Lipinski definition) is 3. The van der Waals surface area contributed by atoms with E-state index in [-0.39, 0.29) is 52.1 Å². The van der Waals surface area contributed by atoms with Gasteiger partial charge in [0, 0.05) is 0 Å². The third kappa shape index (κ3) is 3.75. The van der Waals surface area contributed by atoms with Crippen molar-refractivity contribution >= 4 is 16.4 Å². The lowest BCUT2D eigenvalue weighted by molar-refractivity contribution is -0.248. The Bertz CT molecular complexity index is 1120. The van der Waals surface area contributed by atoms with Gasteiger partial charge in [0.15, 0.2) is 0 Å². The number of aliphatic hydroxyl groups excluding tert-OH is 1. The minimum atomic E-state index is -4.60. The Morgan fingerprint density at radius 3 is 2.21 bits per heavy atom. The number of rotatable bonds is 5. The van der Waals surface area contributed by atoms with Crippen LogP contribution in [0.5, 0.6) is 0 Å². The molecule has 0 aromatic heterocycles. The quantitative estimate of drug-likeness (QED) is 0.287. The second kappa shape index (κ2) is 8.77. The molecule has 4 unspecified atom stereocenters. The molecule has 5 aliphatic rings. The van der Waals surface area contributed by atoms with Crippen molar-refractivity contribution in [3.05, 3.63) is 12.2 Å². The van der Waals surface area contributed by atoms with Crippen molar-refractivity contribution in [3.8, 4) is 0 Å². The van der Waals surface area contributed by atoms with Gasteiger partial charge in [0.25, 0.3) is 0 Å². The molecule has 0 radical (unpaired) electrons. The topological polar surface area (TPSA) is 121 Å². The lowest BCUT2D eigenvalue weighted by Crippen LogP contribution is -2.67. The van der Waals surface area contributed by atoms with E-state index >= 15 is 0 Å². The highest BCUT2D eigenvalue weighted by molar-refractivity contribution is 7.80. The molecule has 7 nitrogen and oxygen atoms in total. The predicted octanol–water partition coefficient (Wildman–Crippen LogP) is 5.89. The predicted molar refractivity (Wildman–Crippen MR) is 144 cm³/mol. The van der Waals surface area contributed by atoms with Gasteiger partial charge in [-0.25, -0.2) is 4.18 Å². The largest absolute Gasteiger partial charge is 0.481 e. The first kappa shape index (κ1) is 28.6. The lowest BCUT2D eigenvalue weighted by atomic mass is 9.32. The Balaban J connectivity index is 1.52. The normalized spacial score (nSPS) is 49.8. The Labute approximate surface area is 228 Å². The summed E-state index contributed by atoms with van der Waals surface area (Å²) < 4.78 is 36.4. The fourth-order valence-electron chi connectivity index (χ4n) is 11.7. The first-order chi connectivity index (χ1) is 17.4. The zero-order chi connectivity index (χ0) is 28.1. The van der Waals surface area contributed by atoms with E-state index in [0.29, 0.717) is 36.7 Å². The maximum atomic E-state index is 12.9. The van der Waals surface area contributed by atoms with Crippen LogP contribution in [0.25, 0.3) is 0 Å². The second-order valence-corrected chi connectivity index (χ2v) is 16.1. The fraction of sp³-hybridized carbons (Fsp3) is 0.900. The number of carboxylic acids is 1. The van der Waals surface area contributed by atoms with Gasteiger partial charge in [0.05, 0.1) is 18.1 Å². The molecular formula is C30H48O7S. The van der Waals surface area contributed by atoms with Crippen LogP contribution < -0.4 is 0 Å². The van der Waals surface area contributed by atoms with Crippen LogP contribution in [0.15, 0.2) is 12.2 Å². The zero-order valence-electron chi connectivity index (χ0n) is 23.8. The molecule has 0 aromatic carbocycles. The van der Waals surface area contributed by atoms with Crippen LogP contribution in [0.1, 0.15) is 98.8 Å². The van der Waals surface area contributed by atoms with Crippen LogP contribution in [0, 0.1) is 56.7 Å². The average molecular weight is 553 g/mol. The molecule has 0 bridgehead atoms. The number of aliphatic hydroxyl groups is 1. The van der Waals surface area contributed by atoms with Crippen LogP contribution in [0.3, 0.4) is 0 Å². The molecule has 0 heterocycles. The maximum absolute atomic E-state index is 12.9. The minimum absolute atomic E-state index is 0.0412. The Hall–Kier alpha value is -0.960. The van der Waals surface area contributed by atoms with E-state index in [2.05, 4.69) is 41.2 Å². The van der Waals surface area contributed by atoms with Crippen LogP contribution in [0.4, 0.5) is 0 Å². The molecule has 0 aromatic rings. The molecule has 5 fully saturated rings. The van der Waals surface area contributed by atoms with Crippen molar-refractivity contribution in [1.29, 1.82) is 0 Å². The smallest absolute Gasteiger partial charge is 0.397 e. The van der Waals surface area contributed by atoms with Crippen molar-refractivity contribution in [3.63, 3.8) is 0 Å². The van der Waals surface area contributed by atoms with Crippen molar-refractivity contribution < 1.29 is 32.2 Å². The molecule has 38 heavy (non-hydrogen) atoms. The number of aliphatic carboxylic acids is 1. The van der Waals surface area contributed by atoms with E-state index in [9.17, 15) is 23.4 Å². The second-order valence-electron chi connectivity index (χ2n) is 15.0. The molecule has 0 aliphatic heterocycles. The first-order valence-corrected chi connectivity index (χ1v) is 16.0. The van der Waals surface area contributed by atoms with E-state index in [1.165, 1.54) is 0 Å². The van der Waals surface area contributed by atoms with E-state index in [1.54, 1.807) is 0 Å². The molecular weight excluding hydrogens is 504 g/mol. The van der Waals surface area contributed by atoms with E-state index in [0.717, 1.165) is 44.9 Å². The van der Waals surface area contributed by atoms with Crippen molar-refractivity contribution in [1.82, 2.24) is 0 Å². The summed E-state index contributed by atoms with van der Waals surface area (Å²) in [6.07, 6.45) is 8.56. The Morgan fingerprint density at radius 1 is 0.895 bits per heavy atom. The summed E-state index contributed by atoms with van der Waals surface area (Å²) in [5.41, 5.74) is -0.196.